The maximum atomic E-state index is 13.4. The molecule has 1 aliphatic rings. The fourth-order valence-corrected chi connectivity index (χ4v) is 2.44. The van der Waals surface area contributed by atoms with Crippen LogP contribution in [0.3, 0.4) is 0 Å². The van der Waals surface area contributed by atoms with Crippen LogP contribution in [0.1, 0.15) is 22.7 Å². The van der Waals surface area contributed by atoms with Crippen LogP contribution in [0, 0.1) is 0 Å². The summed E-state index contributed by atoms with van der Waals surface area (Å²) in [5, 5.41) is 4.76. The number of hydrogen-bond donors (Lipinski definition) is 2. The van der Waals surface area contributed by atoms with Gasteiger partial charge in [-0.15, -0.1) is 0 Å². The molecule has 2 N–H and O–H groups in total. The molecule has 0 saturated carbocycles. The van der Waals surface area contributed by atoms with Crippen LogP contribution in [-0.2, 0) is 22.7 Å². The van der Waals surface area contributed by atoms with Crippen molar-refractivity contribution < 1.29 is 23.1 Å². The number of benzene rings is 2. The third-order valence-corrected chi connectivity index (χ3v) is 3.90. The van der Waals surface area contributed by atoms with Gasteiger partial charge in [-0.2, -0.15) is 8.78 Å². The first-order valence-electron chi connectivity index (χ1n) is 7.69. The van der Waals surface area contributed by atoms with Gasteiger partial charge in [0.2, 0.25) is 0 Å². The minimum atomic E-state index is -3.37. The Kier molecular flexibility index (Phi) is 4.65. The molecule has 25 heavy (non-hydrogen) atoms. The normalized spacial score (nSPS) is 18.0. The average Bonchev–Trinajstić information content (AvgIpc) is 2.64. The Morgan fingerprint density at radius 1 is 1.08 bits per heavy atom. The van der Waals surface area contributed by atoms with Crippen molar-refractivity contribution in [1.29, 1.82) is 0 Å². The van der Waals surface area contributed by atoms with E-state index < -0.39 is 24.0 Å². The van der Waals surface area contributed by atoms with Gasteiger partial charge < -0.3 is 15.4 Å². The van der Waals surface area contributed by atoms with E-state index in [1.54, 1.807) is 12.1 Å². The van der Waals surface area contributed by atoms with E-state index in [-0.39, 0.29) is 13.2 Å². The first-order chi connectivity index (χ1) is 12.0. The highest BCUT2D eigenvalue weighted by Crippen LogP contribution is 2.39. The maximum Gasteiger partial charge on any atom is 0.407 e. The minimum absolute atomic E-state index is 0.169. The predicted octanol–water partition coefficient (Wildman–Crippen LogP) is 2.92. The third kappa shape index (κ3) is 3.76. The molecule has 1 aliphatic heterocycles. The topological polar surface area (TPSA) is 67.4 Å². The highest BCUT2D eigenvalue weighted by Gasteiger charge is 2.58. The second-order valence-electron chi connectivity index (χ2n) is 5.69. The molecule has 3 rings (SSSR count). The van der Waals surface area contributed by atoms with Gasteiger partial charge in [0.25, 0.3) is 5.91 Å². The van der Waals surface area contributed by atoms with Gasteiger partial charge in [0.1, 0.15) is 12.6 Å². The number of carbonyl (C=O) groups is 2. The molecule has 130 valence electrons. The van der Waals surface area contributed by atoms with Gasteiger partial charge in [0.15, 0.2) is 0 Å². The fraction of sp³-hybridized carbons (Fsp3) is 0.222. The van der Waals surface area contributed by atoms with Crippen molar-refractivity contribution in [3.63, 3.8) is 0 Å². The zero-order valence-electron chi connectivity index (χ0n) is 13.2. The highest BCUT2D eigenvalue weighted by molar-refractivity contribution is 5.91. The fourth-order valence-electron chi connectivity index (χ4n) is 2.44. The van der Waals surface area contributed by atoms with E-state index in [0.29, 0.717) is 5.56 Å². The molecule has 0 spiro atoms. The first kappa shape index (κ1) is 16.9. The van der Waals surface area contributed by atoms with Crippen molar-refractivity contribution in [1.82, 2.24) is 10.6 Å². The minimum Gasteiger partial charge on any atom is -0.445 e. The number of hydrogen-bond acceptors (Lipinski definition) is 3. The van der Waals surface area contributed by atoms with Gasteiger partial charge >= 0.3 is 12.0 Å². The number of β-lactam (4-membered cyclic amide) rings is 1. The molecule has 1 fully saturated rings. The van der Waals surface area contributed by atoms with E-state index in [0.717, 1.165) is 11.1 Å². The Bertz CT molecular complexity index is 764. The summed E-state index contributed by atoms with van der Waals surface area (Å²) < 4.78 is 31.8. The second kappa shape index (κ2) is 6.88. The van der Waals surface area contributed by atoms with Crippen molar-refractivity contribution in [3.05, 3.63) is 71.3 Å². The molecule has 5 nitrogen and oxygen atoms in total. The molecule has 0 radical (unpaired) electrons. The Hall–Kier alpha value is -2.96. The van der Waals surface area contributed by atoms with E-state index in [1.165, 1.54) is 12.1 Å². The SMILES string of the molecule is O=C(NCc1ccc(C2NC(=O)C2(F)F)cc1)OCc1ccccc1. The maximum absolute atomic E-state index is 13.4. The smallest absolute Gasteiger partial charge is 0.407 e. The lowest BCUT2D eigenvalue weighted by atomic mass is 9.92. The van der Waals surface area contributed by atoms with Gasteiger partial charge in [0.05, 0.1) is 0 Å². The summed E-state index contributed by atoms with van der Waals surface area (Å²) in [4.78, 5) is 22.5. The molecular weight excluding hydrogens is 330 g/mol. The van der Waals surface area contributed by atoms with E-state index in [9.17, 15) is 18.4 Å². The summed E-state index contributed by atoms with van der Waals surface area (Å²) in [6, 6.07) is 14.2. The number of alkyl halides is 2. The Morgan fingerprint density at radius 2 is 1.76 bits per heavy atom. The average molecular weight is 346 g/mol. The summed E-state index contributed by atoms with van der Waals surface area (Å²) in [7, 11) is 0. The van der Waals surface area contributed by atoms with Crippen LogP contribution in [0.2, 0.25) is 0 Å². The molecule has 1 atom stereocenters. The molecule has 2 amide bonds. The summed E-state index contributed by atoms with van der Waals surface area (Å²) in [6.07, 6.45) is -0.564. The Balaban J connectivity index is 1.47. The van der Waals surface area contributed by atoms with Gasteiger partial charge in [-0.3, -0.25) is 4.79 Å². The van der Waals surface area contributed by atoms with Crippen LogP contribution < -0.4 is 10.6 Å². The van der Waals surface area contributed by atoms with E-state index in [1.807, 2.05) is 30.3 Å². The van der Waals surface area contributed by atoms with Crippen LogP contribution >= 0.6 is 0 Å². The molecule has 0 bridgehead atoms. The molecule has 1 saturated heterocycles. The molecule has 1 heterocycles. The van der Waals surface area contributed by atoms with Crippen LogP contribution in [0.25, 0.3) is 0 Å². The van der Waals surface area contributed by atoms with Crippen LogP contribution in [0.5, 0.6) is 0 Å². The molecular formula is C18H16F2N2O3. The number of rotatable bonds is 5. The quantitative estimate of drug-likeness (QED) is 0.818. The summed E-state index contributed by atoms with van der Waals surface area (Å²) in [6.45, 7) is 0.378. The molecule has 0 aromatic heterocycles. The molecule has 2 aromatic carbocycles. The number of nitrogens with one attached hydrogen (secondary N) is 2. The summed E-state index contributed by atoms with van der Waals surface area (Å²) >= 11 is 0. The van der Waals surface area contributed by atoms with Crippen molar-refractivity contribution in [2.75, 3.05) is 0 Å². The Labute approximate surface area is 143 Å². The van der Waals surface area contributed by atoms with Crippen molar-refractivity contribution >= 4 is 12.0 Å². The zero-order valence-corrected chi connectivity index (χ0v) is 13.2. The van der Waals surface area contributed by atoms with E-state index in [2.05, 4.69) is 10.6 Å². The van der Waals surface area contributed by atoms with Gasteiger partial charge in [-0.25, -0.2) is 4.79 Å². The zero-order chi connectivity index (χ0) is 17.9. The van der Waals surface area contributed by atoms with Crippen LogP contribution in [0.4, 0.5) is 13.6 Å². The number of carbonyl (C=O) groups excluding carboxylic acids is 2. The monoisotopic (exact) mass is 346 g/mol. The number of ether oxygens (including phenoxy) is 1. The summed E-state index contributed by atoms with van der Waals surface area (Å²) in [5.74, 6) is -4.63. The molecule has 0 aliphatic carbocycles. The largest absolute Gasteiger partial charge is 0.445 e. The van der Waals surface area contributed by atoms with Crippen molar-refractivity contribution in [3.8, 4) is 0 Å². The lowest BCUT2D eigenvalue weighted by Gasteiger charge is -2.36. The lowest BCUT2D eigenvalue weighted by molar-refractivity contribution is -0.171. The Morgan fingerprint density at radius 3 is 2.36 bits per heavy atom. The van der Waals surface area contributed by atoms with Gasteiger partial charge in [-0.05, 0) is 16.7 Å². The number of amides is 2. The number of halogens is 2. The predicted molar refractivity (Wildman–Crippen MR) is 85.7 cm³/mol. The summed E-state index contributed by atoms with van der Waals surface area (Å²) in [5.41, 5.74) is 1.93. The van der Waals surface area contributed by atoms with Crippen molar-refractivity contribution in [2.24, 2.45) is 0 Å². The number of alkyl carbamates (subject to hydrolysis) is 1. The molecule has 7 heteroatoms. The van der Waals surface area contributed by atoms with E-state index in [4.69, 9.17) is 4.74 Å². The van der Waals surface area contributed by atoms with Crippen LogP contribution in [0.15, 0.2) is 54.6 Å². The molecule has 1 unspecified atom stereocenters. The third-order valence-electron chi connectivity index (χ3n) is 3.90. The van der Waals surface area contributed by atoms with Crippen molar-refractivity contribution in [2.45, 2.75) is 25.1 Å². The van der Waals surface area contributed by atoms with Gasteiger partial charge in [0, 0.05) is 6.54 Å². The standard InChI is InChI=1S/C18H16F2N2O3/c19-18(20)15(22-16(18)23)14-8-6-12(7-9-14)10-21-17(24)25-11-13-4-2-1-3-5-13/h1-9,15H,10-11H2,(H,21,24)(H,22,23). The molecule has 2 aromatic rings. The second-order valence-corrected chi connectivity index (χ2v) is 5.69. The lowest BCUT2D eigenvalue weighted by Crippen LogP contribution is -2.61. The van der Waals surface area contributed by atoms with Gasteiger partial charge in [-0.1, -0.05) is 54.6 Å². The first-order valence-corrected chi connectivity index (χ1v) is 7.69. The highest BCUT2D eigenvalue weighted by atomic mass is 19.3. The van der Waals surface area contributed by atoms with Crippen LogP contribution in [-0.4, -0.2) is 17.9 Å². The van der Waals surface area contributed by atoms with E-state index >= 15 is 0 Å².